The van der Waals surface area contributed by atoms with E-state index in [4.69, 9.17) is 4.42 Å². The summed E-state index contributed by atoms with van der Waals surface area (Å²) in [4.78, 5) is 14.5. The Hall–Kier alpha value is -1.76. The molecule has 2 aliphatic carbocycles. The van der Waals surface area contributed by atoms with E-state index in [-0.39, 0.29) is 16.7 Å². The summed E-state index contributed by atoms with van der Waals surface area (Å²) >= 11 is 0. The van der Waals surface area contributed by atoms with Crippen molar-refractivity contribution < 1.29 is 9.21 Å². The number of nitriles is 1. The van der Waals surface area contributed by atoms with Crippen LogP contribution in [0.2, 0.25) is 0 Å². The van der Waals surface area contributed by atoms with Gasteiger partial charge in [0.25, 0.3) is 5.91 Å². The number of rotatable bonds is 1. The summed E-state index contributed by atoms with van der Waals surface area (Å²) in [6.07, 6.45) is 4.57. The lowest BCUT2D eigenvalue weighted by Gasteiger charge is -2.42. The maximum atomic E-state index is 12.7. The molecular formula is C16H18N2O2. The third-order valence-corrected chi connectivity index (χ3v) is 6.72. The normalized spacial score (nSPS) is 44.9. The molecule has 1 saturated heterocycles. The van der Waals surface area contributed by atoms with E-state index in [9.17, 15) is 10.1 Å². The molecule has 1 aromatic heterocycles. The summed E-state index contributed by atoms with van der Waals surface area (Å²) in [5, 5.41) is 9.89. The van der Waals surface area contributed by atoms with Crippen molar-refractivity contribution in [3.05, 3.63) is 24.2 Å². The molecule has 3 aliphatic rings. The van der Waals surface area contributed by atoms with Crippen molar-refractivity contribution in [2.24, 2.45) is 16.7 Å². The number of hydrogen-bond donors (Lipinski definition) is 0. The Bertz CT molecular complexity index is 631. The third kappa shape index (κ3) is 0.974. The van der Waals surface area contributed by atoms with Gasteiger partial charge in [-0.1, -0.05) is 13.8 Å². The fourth-order valence-corrected chi connectivity index (χ4v) is 5.29. The second-order valence-electron chi connectivity index (χ2n) is 7.03. The smallest absolute Gasteiger partial charge is 0.290 e. The molecule has 2 heterocycles. The van der Waals surface area contributed by atoms with Gasteiger partial charge in [0.1, 0.15) is 5.54 Å². The SMILES string of the molecule is C[C@]12CC[C@@H]3C[C@@]1(C#N)N(C(=O)c1ccco1)C[C@@]32C. The van der Waals surface area contributed by atoms with E-state index >= 15 is 0 Å². The van der Waals surface area contributed by atoms with Crippen LogP contribution < -0.4 is 0 Å². The number of furan rings is 1. The minimum atomic E-state index is -0.644. The van der Waals surface area contributed by atoms with Crippen LogP contribution in [-0.4, -0.2) is 22.9 Å². The third-order valence-electron chi connectivity index (χ3n) is 6.72. The molecule has 104 valence electrons. The number of likely N-dealkylation sites (tertiary alicyclic amines) is 1. The topological polar surface area (TPSA) is 57.2 Å². The highest BCUT2D eigenvalue weighted by Crippen LogP contribution is 2.75. The van der Waals surface area contributed by atoms with Crippen molar-refractivity contribution in [2.45, 2.75) is 38.6 Å². The summed E-state index contributed by atoms with van der Waals surface area (Å²) in [7, 11) is 0. The lowest BCUT2D eigenvalue weighted by molar-refractivity contribution is 0.0400. The van der Waals surface area contributed by atoms with E-state index in [1.165, 1.54) is 12.7 Å². The molecule has 4 bridgehead atoms. The molecule has 4 nitrogen and oxygen atoms in total. The second kappa shape index (κ2) is 3.28. The minimum absolute atomic E-state index is 0.0744. The summed E-state index contributed by atoms with van der Waals surface area (Å²) in [5.74, 6) is 0.787. The molecule has 1 amide bonds. The Balaban J connectivity index is 1.82. The molecule has 2 saturated carbocycles. The summed E-state index contributed by atoms with van der Waals surface area (Å²) in [6, 6.07) is 5.92. The molecule has 0 aromatic carbocycles. The molecule has 0 radical (unpaired) electrons. The van der Waals surface area contributed by atoms with Crippen molar-refractivity contribution in [3.63, 3.8) is 0 Å². The van der Waals surface area contributed by atoms with E-state index in [0.29, 0.717) is 18.2 Å². The molecule has 4 heteroatoms. The van der Waals surface area contributed by atoms with Gasteiger partial charge in [-0.2, -0.15) is 5.26 Å². The Morgan fingerprint density at radius 3 is 2.95 bits per heavy atom. The van der Waals surface area contributed by atoms with Gasteiger partial charge in [0.05, 0.1) is 12.3 Å². The Kier molecular flexibility index (Phi) is 1.97. The predicted octanol–water partition coefficient (Wildman–Crippen LogP) is 2.82. The second-order valence-corrected chi connectivity index (χ2v) is 7.03. The average Bonchev–Trinajstić information content (AvgIpc) is 3.13. The number of nitrogens with zero attached hydrogens (tertiary/aromatic N) is 2. The van der Waals surface area contributed by atoms with Crippen LogP contribution in [-0.2, 0) is 0 Å². The van der Waals surface area contributed by atoms with Crippen molar-refractivity contribution in [3.8, 4) is 6.07 Å². The molecular weight excluding hydrogens is 252 g/mol. The number of piperidine rings is 1. The largest absolute Gasteiger partial charge is 0.459 e. The highest BCUT2D eigenvalue weighted by molar-refractivity contribution is 5.93. The summed E-state index contributed by atoms with van der Waals surface area (Å²) in [6.45, 7) is 5.15. The van der Waals surface area contributed by atoms with Crippen molar-refractivity contribution in [2.75, 3.05) is 6.54 Å². The molecule has 3 fully saturated rings. The van der Waals surface area contributed by atoms with E-state index in [1.807, 2.05) is 0 Å². The van der Waals surface area contributed by atoms with E-state index < -0.39 is 5.54 Å². The maximum absolute atomic E-state index is 12.7. The maximum Gasteiger partial charge on any atom is 0.290 e. The molecule has 1 aromatic rings. The lowest BCUT2D eigenvalue weighted by Crippen LogP contribution is -2.54. The quantitative estimate of drug-likeness (QED) is 0.788. The standard InChI is InChI=1S/C16H18N2O2/c1-14-10-18(13(19)12-4-3-7-20-12)16(9-17)8-11(14)5-6-15(14,16)2/h3-4,7,11H,5-6,8,10H2,1-2H3/t11-,14+,15-,16+/m1/s1. The Morgan fingerprint density at radius 1 is 1.55 bits per heavy atom. The summed E-state index contributed by atoms with van der Waals surface area (Å²) < 4.78 is 5.25. The van der Waals surface area contributed by atoms with Crippen LogP contribution in [0.15, 0.2) is 22.8 Å². The van der Waals surface area contributed by atoms with Gasteiger partial charge in [-0.05, 0) is 42.7 Å². The number of carbonyl (C=O) groups is 1. The molecule has 0 spiro atoms. The van der Waals surface area contributed by atoms with Crippen molar-refractivity contribution in [1.29, 1.82) is 5.26 Å². The average molecular weight is 270 g/mol. The first-order valence-corrected chi connectivity index (χ1v) is 7.25. The van der Waals surface area contributed by atoms with Gasteiger partial charge >= 0.3 is 0 Å². The van der Waals surface area contributed by atoms with Crippen LogP contribution >= 0.6 is 0 Å². The highest BCUT2D eigenvalue weighted by Gasteiger charge is 2.79. The molecule has 4 rings (SSSR count). The van der Waals surface area contributed by atoms with Gasteiger partial charge in [-0.3, -0.25) is 4.79 Å². The zero-order valence-corrected chi connectivity index (χ0v) is 11.8. The van der Waals surface area contributed by atoms with Gasteiger partial charge in [0, 0.05) is 12.0 Å². The molecule has 4 atom stereocenters. The number of hydrogen-bond acceptors (Lipinski definition) is 3. The first kappa shape index (κ1) is 12.0. The van der Waals surface area contributed by atoms with Gasteiger partial charge in [0.15, 0.2) is 5.76 Å². The fraction of sp³-hybridized carbons (Fsp3) is 0.625. The van der Waals surface area contributed by atoms with Crippen LogP contribution in [0.25, 0.3) is 0 Å². The van der Waals surface area contributed by atoms with Crippen LogP contribution in [0.3, 0.4) is 0 Å². The van der Waals surface area contributed by atoms with Crippen LogP contribution in [0.5, 0.6) is 0 Å². The van der Waals surface area contributed by atoms with Crippen molar-refractivity contribution >= 4 is 5.91 Å². The van der Waals surface area contributed by atoms with E-state index in [2.05, 4.69) is 19.9 Å². The first-order chi connectivity index (χ1) is 9.48. The Morgan fingerprint density at radius 2 is 2.35 bits per heavy atom. The number of carbonyl (C=O) groups excluding carboxylic acids is 1. The van der Waals surface area contributed by atoms with E-state index in [0.717, 1.165) is 12.8 Å². The first-order valence-electron chi connectivity index (χ1n) is 7.25. The Labute approximate surface area is 118 Å². The predicted molar refractivity (Wildman–Crippen MR) is 71.6 cm³/mol. The fourth-order valence-electron chi connectivity index (χ4n) is 5.29. The van der Waals surface area contributed by atoms with Crippen LogP contribution in [0, 0.1) is 28.1 Å². The molecule has 20 heavy (non-hydrogen) atoms. The zero-order valence-electron chi connectivity index (χ0n) is 11.8. The molecule has 0 unspecified atom stereocenters. The lowest BCUT2D eigenvalue weighted by atomic mass is 9.66. The van der Waals surface area contributed by atoms with Crippen LogP contribution in [0.4, 0.5) is 0 Å². The van der Waals surface area contributed by atoms with Gasteiger partial charge in [0.2, 0.25) is 0 Å². The van der Waals surface area contributed by atoms with Gasteiger partial charge in [-0.15, -0.1) is 0 Å². The van der Waals surface area contributed by atoms with E-state index in [1.54, 1.807) is 17.0 Å². The minimum Gasteiger partial charge on any atom is -0.459 e. The van der Waals surface area contributed by atoms with Gasteiger partial charge < -0.3 is 9.32 Å². The monoisotopic (exact) mass is 270 g/mol. The zero-order chi connectivity index (χ0) is 14.2. The number of amides is 1. The van der Waals surface area contributed by atoms with Crippen LogP contribution in [0.1, 0.15) is 43.7 Å². The molecule has 0 N–H and O–H groups in total. The van der Waals surface area contributed by atoms with Gasteiger partial charge in [-0.25, -0.2) is 0 Å². The molecule has 1 aliphatic heterocycles. The summed E-state index contributed by atoms with van der Waals surface area (Å²) in [5.41, 5.74) is -0.652. The highest BCUT2D eigenvalue weighted by atomic mass is 16.3. The van der Waals surface area contributed by atoms with Crippen molar-refractivity contribution in [1.82, 2.24) is 4.90 Å².